The average molecular weight is 779 g/mol. The molecule has 0 saturated carbocycles. The summed E-state index contributed by atoms with van der Waals surface area (Å²) in [6.07, 6.45) is 39.0. The first kappa shape index (κ1) is 51.2. The molecule has 1 aliphatic rings. The van der Waals surface area contributed by atoms with E-state index in [2.05, 4.69) is 62.5 Å². The Morgan fingerprint density at radius 1 is 0.600 bits per heavy atom. The lowest BCUT2D eigenvalue weighted by molar-refractivity contribution is -0.305. The van der Waals surface area contributed by atoms with Crippen molar-refractivity contribution in [3.8, 4) is 0 Å². The molecule has 1 heterocycles. The third kappa shape index (κ3) is 29.1. The summed E-state index contributed by atoms with van der Waals surface area (Å²) in [5, 5.41) is 39.9. The summed E-state index contributed by atoms with van der Waals surface area (Å²) in [5.41, 5.74) is 0. The molecule has 6 unspecified atom stereocenters. The quantitative estimate of drug-likeness (QED) is 0.0276. The molecular weight excluding hydrogens is 696 g/mol. The Kier molecular flexibility index (Phi) is 35.1. The van der Waals surface area contributed by atoms with E-state index in [1.807, 2.05) is 0 Å². The van der Waals surface area contributed by atoms with Crippen LogP contribution in [0, 0.1) is 0 Å². The van der Waals surface area contributed by atoms with Gasteiger partial charge in [0, 0.05) is 13.0 Å². The Hall–Kier alpha value is -1.85. The normalized spacial score (nSPS) is 21.2. The van der Waals surface area contributed by atoms with E-state index < -0.39 is 43.4 Å². The minimum Gasteiger partial charge on any atom is -0.457 e. The number of aliphatic hydroxyl groups is 4. The standard InChI is InChI=1S/C46H82O9/c1-3-5-7-9-11-12-13-14-15-16-17-18-19-20-21-22-23-24-25-26-27-28-29-30-32-34-36-52-38-40(54-42(48)35-33-31-10-8-6-4-2)39-53-46-45(51)44(50)43(49)41(37-47)55-46/h5,7,11-12,14-15,17-18,40-41,43-47,49-51H,3-4,6,8-10,13,16,19-39H2,1-2H3/b7-5-,12-11-,15-14-,18-17-. The van der Waals surface area contributed by atoms with E-state index in [1.54, 1.807) is 0 Å². The zero-order chi connectivity index (χ0) is 40.0. The zero-order valence-electron chi connectivity index (χ0n) is 34.9. The lowest BCUT2D eigenvalue weighted by Gasteiger charge is -2.39. The Morgan fingerprint density at radius 2 is 1.11 bits per heavy atom. The first-order valence-electron chi connectivity index (χ1n) is 22.2. The molecule has 9 heteroatoms. The van der Waals surface area contributed by atoms with Gasteiger partial charge in [-0.25, -0.2) is 0 Å². The van der Waals surface area contributed by atoms with Crippen LogP contribution in [0.2, 0.25) is 0 Å². The number of unbranched alkanes of at least 4 members (excludes halogenated alkanes) is 18. The maximum absolute atomic E-state index is 12.6. The van der Waals surface area contributed by atoms with Crippen LogP contribution in [0.1, 0.15) is 174 Å². The Balaban J connectivity index is 2.10. The summed E-state index contributed by atoms with van der Waals surface area (Å²) in [6.45, 7) is 4.37. The summed E-state index contributed by atoms with van der Waals surface area (Å²) in [5.74, 6) is -0.324. The zero-order valence-corrected chi connectivity index (χ0v) is 34.9. The highest BCUT2D eigenvalue weighted by Crippen LogP contribution is 2.22. The van der Waals surface area contributed by atoms with Gasteiger partial charge >= 0.3 is 5.97 Å². The van der Waals surface area contributed by atoms with Gasteiger partial charge in [-0.15, -0.1) is 0 Å². The predicted octanol–water partition coefficient (Wildman–Crippen LogP) is 9.75. The van der Waals surface area contributed by atoms with Gasteiger partial charge in [-0.2, -0.15) is 0 Å². The van der Waals surface area contributed by atoms with Gasteiger partial charge in [0.1, 0.15) is 30.5 Å². The molecule has 0 radical (unpaired) electrons. The SMILES string of the molecule is CC/C=C\C/C=C\C/C=C\C/C=C\CCCCCCCCCCCCCCCOCC(COC1OC(CO)C(O)C(O)C1O)OC(=O)CCCCCCCC. The third-order valence-corrected chi connectivity index (χ3v) is 10.0. The van der Waals surface area contributed by atoms with Gasteiger partial charge in [0.05, 0.1) is 19.8 Å². The molecule has 0 aromatic carbocycles. The van der Waals surface area contributed by atoms with Crippen molar-refractivity contribution in [3.63, 3.8) is 0 Å². The largest absolute Gasteiger partial charge is 0.457 e. The molecule has 0 aliphatic carbocycles. The molecule has 0 amide bonds. The molecule has 0 aromatic rings. The molecule has 320 valence electrons. The van der Waals surface area contributed by atoms with Crippen molar-refractivity contribution in [2.75, 3.05) is 26.4 Å². The van der Waals surface area contributed by atoms with Gasteiger partial charge in [-0.3, -0.25) is 4.79 Å². The highest BCUT2D eigenvalue weighted by atomic mass is 16.7. The lowest BCUT2D eigenvalue weighted by atomic mass is 9.99. The van der Waals surface area contributed by atoms with Crippen LogP contribution >= 0.6 is 0 Å². The number of esters is 1. The van der Waals surface area contributed by atoms with Gasteiger partial charge in [-0.1, -0.05) is 165 Å². The van der Waals surface area contributed by atoms with Crippen LogP contribution in [0.25, 0.3) is 0 Å². The molecular formula is C46H82O9. The van der Waals surface area contributed by atoms with E-state index in [1.165, 1.54) is 96.3 Å². The molecule has 1 aliphatic heterocycles. The van der Waals surface area contributed by atoms with Crippen LogP contribution in [0.4, 0.5) is 0 Å². The van der Waals surface area contributed by atoms with Crippen molar-refractivity contribution in [2.45, 2.75) is 211 Å². The van der Waals surface area contributed by atoms with E-state index in [9.17, 15) is 25.2 Å². The Bertz CT molecular complexity index is 978. The second kappa shape index (κ2) is 37.7. The number of allylic oxidation sites excluding steroid dienone is 8. The highest BCUT2D eigenvalue weighted by Gasteiger charge is 2.44. The molecule has 55 heavy (non-hydrogen) atoms. The number of carbonyl (C=O) groups is 1. The summed E-state index contributed by atoms with van der Waals surface area (Å²) >= 11 is 0. The lowest BCUT2D eigenvalue weighted by Crippen LogP contribution is -2.59. The Morgan fingerprint density at radius 3 is 1.67 bits per heavy atom. The van der Waals surface area contributed by atoms with Crippen molar-refractivity contribution < 1.29 is 44.2 Å². The van der Waals surface area contributed by atoms with Crippen LogP contribution in [-0.2, 0) is 23.7 Å². The van der Waals surface area contributed by atoms with E-state index in [4.69, 9.17) is 18.9 Å². The maximum Gasteiger partial charge on any atom is 0.306 e. The smallest absolute Gasteiger partial charge is 0.306 e. The summed E-state index contributed by atoms with van der Waals surface area (Å²) in [7, 11) is 0. The Labute approximate surface area is 335 Å². The van der Waals surface area contributed by atoms with E-state index in [0.717, 1.165) is 57.8 Å². The second-order valence-corrected chi connectivity index (χ2v) is 15.1. The highest BCUT2D eigenvalue weighted by molar-refractivity contribution is 5.69. The predicted molar refractivity (Wildman–Crippen MR) is 224 cm³/mol. The van der Waals surface area contributed by atoms with E-state index in [0.29, 0.717) is 13.0 Å². The first-order chi connectivity index (χ1) is 26.9. The molecule has 0 spiro atoms. The number of carbonyl (C=O) groups excluding carboxylic acids is 1. The summed E-state index contributed by atoms with van der Waals surface area (Å²) in [6, 6.07) is 0. The minimum absolute atomic E-state index is 0.113. The number of hydrogen-bond donors (Lipinski definition) is 4. The minimum atomic E-state index is -1.53. The maximum atomic E-state index is 12.6. The third-order valence-electron chi connectivity index (χ3n) is 10.0. The second-order valence-electron chi connectivity index (χ2n) is 15.1. The van der Waals surface area contributed by atoms with Gasteiger partial charge < -0.3 is 39.4 Å². The van der Waals surface area contributed by atoms with Gasteiger partial charge in [0.2, 0.25) is 0 Å². The van der Waals surface area contributed by atoms with Gasteiger partial charge in [-0.05, 0) is 51.4 Å². The molecule has 6 atom stereocenters. The fourth-order valence-electron chi connectivity index (χ4n) is 6.54. The fourth-order valence-corrected chi connectivity index (χ4v) is 6.54. The van der Waals surface area contributed by atoms with Crippen LogP contribution in [-0.4, -0.2) is 89.6 Å². The number of ether oxygens (including phenoxy) is 4. The summed E-state index contributed by atoms with van der Waals surface area (Å²) < 4.78 is 22.7. The van der Waals surface area contributed by atoms with Gasteiger partial charge in [0.15, 0.2) is 6.29 Å². The van der Waals surface area contributed by atoms with Crippen LogP contribution in [0.15, 0.2) is 48.6 Å². The van der Waals surface area contributed by atoms with Crippen LogP contribution in [0.3, 0.4) is 0 Å². The molecule has 0 bridgehead atoms. The fraction of sp³-hybridized carbons (Fsp3) is 0.804. The van der Waals surface area contributed by atoms with Crippen molar-refractivity contribution in [3.05, 3.63) is 48.6 Å². The number of rotatable bonds is 37. The van der Waals surface area contributed by atoms with Crippen LogP contribution < -0.4 is 0 Å². The van der Waals surface area contributed by atoms with E-state index in [-0.39, 0.29) is 19.2 Å². The molecule has 1 saturated heterocycles. The molecule has 1 fully saturated rings. The van der Waals surface area contributed by atoms with Crippen molar-refractivity contribution in [1.82, 2.24) is 0 Å². The van der Waals surface area contributed by atoms with Crippen molar-refractivity contribution in [2.24, 2.45) is 0 Å². The first-order valence-corrected chi connectivity index (χ1v) is 22.2. The molecule has 9 nitrogen and oxygen atoms in total. The molecule has 0 aromatic heterocycles. The number of hydrogen-bond acceptors (Lipinski definition) is 9. The van der Waals surface area contributed by atoms with E-state index >= 15 is 0 Å². The van der Waals surface area contributed by atoms with Crippen molar-refractivity contribution in [1.29, 1.82) is 0 Å². The number of aliphatic hydroxyl groups excluding tert-OH is 4. The molecule has 4 N–H and O–H groups in total. The summed E-state index contributed by atoms with van der Waals surface area (Å²) in [4.78, 5) is 12.6. The topological polar surface area (TPSA) is 135 Å². The molecule has 1 rings (SSSR count). The monoisotopic (exact) mass is 779 g/mol. The van der Waals surface area contributed by atoms with Gasteiger partial charge in [0.25, 0.3) is 0 Å². The van der Waals surface area contributed by atoms with Crippen molar-refractivity contribution >= 4 is 5.97 Å². The van der Waals surface area contributed by atoms with Crippen LogP contribution in [0.5, 0.6) is 0 Å². The average Bonchev–Trinajstić information content (AvgIpc) is 3.18.